The molecule has 1 aromatic carbocycles. The molecular weight excluding hydrogens is 296 g/mol. The molecule has 114 valence electrons. The highest BCUT2D eigenvalue weighted by atomic mass is 16.3. The molecular formula is C16H12N4O3. The highest BCUT2D eigenvalue weighted by Crippen LogP contribution is 2.35. The van der Waals surface area contributed by atoms with E-state index in [0.717, 1.165) is 11.3 Å². The van der Waals surface area contributed by atoms with Crippen LogP contribution in [0.3, 0.4) is 0 Å². The number of carbonyl (C=O) groups excluding carboxylic acids is 1. The monoisotopic (exact) mass is 308 g/mol. The Balaban J connectivity index is 1.94. The van der Waals surface area contributed by atoms with Crippen molar-refractivity contribution in [1.82, 2.24) is 9.38 Å². The molecule has 0 spiro atoms. The summed E-state index contributed by atoms with van der Waals surface area (Å²) in [6, 6.07) is 8.89. The fourth-order valence-electron chi connectivity index (χ4n) is 2.89. The Labute approximate surface area is 130 Å². The number of benzene rings is 1. The van der Waals surface area contributed by atoms with Crippen molar-refractivity contribution in [2.24, 2.45) is 5.18 Å². The van der Waals surface area contributed by atoms with Gasteiger partial charge in [-0.25, -0.2) is 4.98 Å². The maximum Gasteiger partial charge on any atom is 0.228 e. The number of amides is 1. The Hall–Kier alpha value is -3.06. The summed E-state index contributed by atoms with van der Waals surface area (Å²) >= 11 is 0. The van der Waals surface area contributed by atoms with Gasteiger partial charge >= 0.3 is 0 Å². The Morgan fingerprint density at radius 1 is 1.35 bits per heavy atom. The molecule has 4 rings (SSSR count). The quantitative estimate of drug-likeness (QED) is 0.726. The van der Waals surface area contributed by atoms with Crippen LogP contribution in [0, 0.1) is 4.91 Å². The van der Waals surface area contributed by atoms with Crippen LogP contribution >= 0.6 is 0 Å². The third kappa shape index (κ3) is 2.01. The second-order valence-electron chi connectivity index (χ2n) is 5.36. The largest absolute Gasteiger partial charge is 0.392 e. The van der Waals surface area contributed by atoms with Gasteiger partial charge in [0.1, 0.15) is 11.3 Å². The average Bonchev–Trinajstić information content (AvgIpc) is 3.12. The van der Waals surface area contributed by atoms with E-state index in [1.807, 2.05) is 6.07 Å². The Morgan fingerprint density at radius 2 is 2.22 bits per heavy atom. The molecule has 1 amide bonds. The number of aliphatic hydroxyl groups excluding tert-OH is 1. The number of rotatable bonds is 3. The van der Waals surface area contributed by atoms with Gasteiger partial charge in [0.2, 0.25) is 11.7 Å². The van der Waals surface area contributed by atoms with Crippen LogP contribution in [0.25, 0.3) is 16.9 Å². The van der Waals surface area contributed by atoms with Crippen molar-refractivity contribution in [1.29, 1.82) is 0 Å². The van der Waals surface area contributed by atoms with Crippen molar-refractivity contribution in [2.45, 2.75) is 13.0 Å². The maximum atomic E-state index is 11.5. The summed E-state index contributed by atoms with van der Waals surface area (Å²) in [6.45, 7) is -0.179. The number of nitroso groups, excluding NO2 is 1. The summed E-state index contributed by atoms with van der Waals surface area (Å²) in [5.74, 6) is 0.121. The molecule has 7 nitrogen and oxygen atoms in total. The summed E-state index contributed by atoms with van der Waals surface area (Å²) in [7, 11) is 0. The molecule has 0 radical (unpaired) electrons. The van der Waals surface area contributed by atoms with E-state index in [9.17, 15) is 14.8 Å². The van der Waals surface area contributed by atoms with E-state index in [1.165, 1.54) is 0 Å². The van der Waals surface area contributed by atoms with Crippen LogP contribution in [0.4, 0.5) is 11.5 Å². The number of anilines is 1. The SMILES string of the molecule is O=Nc1c(-c2ccc3c(c2)CC(=O)N3)nc2c(CO)cccn12. The highest BCUT2D eigenvalue weighted by molar-refractivity contribution is 5.99. The molecule has 0 bridgehead atoms. The number of fused-ring (bicyclic) bond motifs is 2. The molecule has 1 aliphatic heterocycles. The summed E-state index contributed by atoms with van der Waals surface area (Å²) in [6.07, 6.45) is 1.99. The third-order valence-electron chi connectivity index (χ3n) is 3.97. The van der Waals surface area contributed by atoms with Gasteiger partial charge in [-0.3, -0.25) is 9.20 Å². The van der Waals surface area contributed by atoms with Crippen molar-refractivity contribution < 1.29 is 9.90 Å². The molecule has 7 heteroatoms. The number of carbonyl (C=O) groups is 1. The smallest absolute Gasteiger partial charge is 0.228 e. The lowest BCUT2D eigenvalue weighted by Gasteiger charge is -2.02. The molecule has 3 aromatic rings. The number of aliphatic hydroxyl groups is 1. The van der Waals surface area contributed by atoms with Crippen LogP contribution in [0.1, 0.15) is 11.1 Å². The van der Waals surface area contributed by atoms with Crippen molar-refractivity contribution in [3.8, 4) is 11.3 Å². The Bertz CT molecular complexity index is 961. The van der Waals surface area contributed by atoms with Gasteiger partial charge in [-0.1, -0.05) is 12.1 Å². The fourth-order valence-corrected chi connectivity index (χ4v) is 2.89. The molecule has 0 saturated heterocycles. The molecule has 2 N–H and O–H groups in total. The molecule has 0 atom stereocenters. The van der Waals surface area contributed by atoms with Crippen LogP contribution in [0.5, 0.6) is 0 Å². The number of hydrogen-bond acceptors (Lipinski definition) is 5. The number of pyridine rings is 1. The number of aromatic nitrogens is 2. The molecule has 0 fully saturated rings. The summed E-state index contributed by atoms with van der Waals surface area (Å²) in [5, 5.41) is 15.3. The summed E-state index contributed by atoms with van der Waals surface area (Å²) in [5.41, 5.74) is 3.89. The van der Waals surface area contributed by atoms with Gasteiger partial charge in [-0.2, -0.15) is 0 Å². The Morgan fingerprint density at radius 3 is 3.00 bits per heavy atom. The second kappa shape index (κ2) is 4.99. The lowest BCUT2D eigenvalue weighted by molar-refractivity contribution is -0.115. The molecule has 23 heavy (non-hydrogen) atoms. The average molecular weight is 308 g/mol. The van der Waals surface area contributed by atoms with Crippen molar-refractivity contribution in [3.05, 3.63) is 52.6 Å². The third-order valence-corrected chi connectivity index (χ3v) is 3.97. The minimum Gasteiger partial charge on any atom is -0.392 e. The normalized spacial score (nSPS) is 13.2. The predicted octanol–water partition coefficient (Wildman–Crippen LogP) is 2.39. The van der Waals surface area contributed by atoms with Crippen LogP contribution in [-0.2, 0) is 17.8 Å². The first kappa shape index (κ1) is 13.6. The molecule has 0 unspecified atom stereocenters. The van der Waals surface area contributed by atoms with Gasteiger partial charge in [-0.15, -0.1) is 4.91 Å². The standard InChI is InChI=1S/C16H12N4O3/c21-8-10-2-1-5-20-15(10)18-14(16(20)19-23)9-3-4-12-11(6-9)7-13(22)17-12/h1-6,21H,7-8H2,(H,17,22). The van der Waals surface area contributed by atoms with E-state index in [4.69, 9.17) is 0 Å². The fraction of sp³-hybridized carbons (Fsp3) is 0.125. The van der Waals surface area contributed by atoms with E-state index in [0.29, 0.717) is 28.9 Å². The first-order valence-corrected chi connectivity index (χ1v) is 7.08. The van der Waals surface area contributed by atoms with Crippen LogP contribution < -0.4 is 5.32 Å². The Kier molecular flexibility index (Phi) is 2.95. The zero-order valence-corrected chi connectivity index (χ0v) is 12.0. The zero-order chi connectivity index (χ0) is 16.0. The summed E-state index contributed by atoms with van der Waals surface area (Å²) < 4.78 is 1.56. The summed E-state index contributed by atoms with van der Waals surface area (Å²) in [4.78, 5) is 27.3. The van der Waals surface area contributed by atoms with E-state index >= 15 is 0 Å². The first-order valence-electron chi connectivity index (χ1n) is 7.08. The molecule has 1 aliphatic rings. The van der Waals surface area contributed by atoms with Crippen LogP contribution in [-0.4, -0.2) is 20.4 Å². The topological polar surface area (TPSA) is 96.1 Å². The van der Waals surface area contributed by atoms with E-state index < -0.39 is 0 Å². The van der Waals surface area contributed by atoms with Crippen molar-refractivity contribution in [2.75, 3.05) is 5.32 Å². The number of nitrogens with zero attached hydrogens (tertiary/aromatic N) is 3. The van der Waals surface area contributed by atoms with Gasteiger partial charge < -0.3 is 10.4 Å². The highest BCUT2D eigenvalue weighted by Gasteiger charge is 2.21. The van der Waals surface area contributed by atoms with Gasteiger partial charge in [0.15, 0.2) is 0 Å². The van der Waals surface area contributed by atoms with Gasteiger partial charge in [0.25, 0.3) is 0 Å². The molecule has 0 aliphatic carbocycles. The van der Waals surface area contributed by atoms with Gasteiger partial charge in [0.05, 0.1) is 13.0 Å². The molecule has 0 saturated carbocycles. The van der Waals surface area contributed by atoms with E-state index in [1.54, 1.807) is 34.9 Å². The predicted molar refractivity (Wildman–Crippen MR) is 84.3 cm³/mol. The molecule has 2 aromatic heterocycles. The number of imidazole rings is 1. The number of hydrogen-bond donors (Lipinski definition) is 2. The number of nitrogens with one attached hydrogen (secondary N) is 1. The second-order valence-corrected chi connectivity index (χ2v) is 5.36. The first-order chi connectivity index (χ1) is 11.2. The van der Waals surface area contributed by atoms with Gasteiger partial charge in [-0.05, 0) is 28.9 Å². The minimum absolute atomic E-state index is 0.0524. The lowest BCUT2D eigenvalue weighted by atomic mass is 10.1. The van der Waals surface area contributed by atoms with E-state index in [-0.39, 0.29) is 18.3 Å². The lowest BCUT2D eigenvalue weighted by Crippen LogP contribution is -2.03. The molecule has 3 heterocycles. The van der Waals surface area contributed by atoms with Crippen molar-refractivity contribution >= 4 is 23.1 Å². The van der Waals surface area contributed by atoms with E-state index in [2.05, 4.69) is 15.5 Å². The minimum atomic E-state index is -0.179. The maximum absolute atomic E-state index is 11.5. The van der Waals surface area contributed by atoms with Crippen LogP contribution in [0.2, 0.25) is 0 Å². The van der Waals surface area contributed by atoms with Crippen LogP contribution in [0.15, 0.2) is 41.7 Å². The van der Waals surface area contributed by atoms with Crippen molar-refractivity contribution in [3.63, 3.8) is 0 Å². The van der Waals surface area contributed by atoms with Gasteiger partial charge in [0, 0.05) is 23.0 Å². The zero-order valence-electron chi connectivity index (χ0n) is 12.0.